The van der Waals surface area contributed by atoms with Crippen molar-refractivity contribution in [3.8, 4) is 0 Å². The molecule has 3 N–H and O–H groups in total. The van der Waals surface area contributed by atoms with E-state index in [9.17, 15) is 14.3 Å². The van der Waals surface area contributed by atoms with Crippen LogP contribution in [0.5, 0.6) is 0 Å². The van der Waals surface area contributed by atoms with Crippen LogP contribution in [0.15, 0.2) is 12.2 Å². The van der Waals surface area contributed by atoms with Gasteiger partial charge in [0.15, 0.2) is 0 Å². The normalized spacial score (nSPS) is 13.7. The second-order valence-electron chi connectivity index (χ2n) is 13.5. The van der Waals surface area contributed by atoms with E-state index in [1.165, 1.54) is 122 Å². The average molecular weight is 704 g/mol. The molecule has 0 aliphatic carbocycles. The van der Waals surface area contributed by atoms with E-state index in [4.69, 9.17) is 24.3 Å². The maximum atomic E-state index is 12.5. The van der Waals surface area contributed by atoms with Crippen LogP contribution in [0.2, 0.25) is 0 Å². The van der Waals surface area contributed by atoms with Crippen LogP contribution in [-0.2, 0) is 27.9 Å². The molecule has 286 valence electrons. The first-order chi connectivity index (χ1) is 23.4. The highest BCUT2D eigenvalue weighted by Crippen LogP contribution is 2.43. The Kier molecular flexibility index (Phi) is 36.9. The van der Waals surface area contributed by atoms with Crippen LogP contribution in [-0.4, -0.2) is 49.9 Å². The van der Waals surface area contributed by atoms with E-state index in [1.54, 1.807) is 0 Å². The monoisotopic (exact) mass is 704 g/mol. The number of ether oxygens (including phenoxy) is 2. The van der Waals surface area contributed by atoms with Gasteiger partial charge in [-0.25, -0.2) is 4.57 Å². The number of allylic oxidation sites excluding steroid dienone is 2. The number of rotatable bonds is 39. The highest BCUT2D eigenvalue weighted by atomic mass is 31.2. The molecule has 0 spiro atoms. The fourth-order valence-corrected chi connectivity index (χ4v) is 6.47. The predicted octanol–water partition coefficient (Wildman–Crippen LogP) is 11.5. The van der Waals surface area contributed by atoms with Crippen molar-refractivity contribution in [2.75, 3.05) is 33.0 Å². The van der Waals surface area contributed by atoms with Crippen LogP contribution in [0.4, 0.5) is 0 Å². The van der Waals surface area contributed by atoms with Gasteiger partial charge in [0.1, 0.15) is 6.10 Å². The highest BCUT2D eigenvalue weighted by molar-refractivity contribution is 7.47. The molecule has 0 bridgehead atoms. The molecule has 0 fully saturated rings. The standard InChI is InChI=1S/C39H78NO7P/c1-3-5-7-9-11-13-15-16-17-18-19-20-21-22-23-25-27-29-31-34-44-36-38(37-46-48(42,43)45-35-33-40)47-39(41)32-30-28-26-24-14-12-10-8-6-4-2/h8,10,38H,3-7,9,11-37,40H2,1-2H3,(H,42,43)/b10-8-. The maximum Gasteiger partial charge on any atom is 0.472 e. The number of phosphoric acid groups is 1. The Bertz CT molecular complexity index is 752. The number of unbranched alkanes of at least 4 members (excludes halogenated alkanes) is 24. The van der Waals surface area contributed by atoms with Crippen molar-refractivity contribution in [1.29, 1.82) is 0 Å². The van der Waals surface area contributed by atoms with E-state index in [0.717, 1.165) is 51.4 Å². The lowest BCUT2D eigenvalue weighted by Crippen LogP contribution is -2.28. The van der Waals surface area contributed by atoms with E-state index in [-0.39, 0.29) is 32.3 Å². The third-order valence-corrected chi connectivity index (χ3v) is 9.65. The summed E-state index contributed by atoms with van der Waals surface area (Å²) in [6, 6.07) is 0. The van der Waals surface area contributed by atoms with Crippen LogP contribution in [0.3, 0.4) is 0 Å². The van der Waals surface area contributed by atoms with Crippen LogP contribution in [0.25, 0.3) is 0 Å². The van der Waals surface area contributed by atoms with E-state index in [1.807, 2.05) is 0 Å². The third kappa shape index (κ3) is 36.5. The van der Waals surface area contributed by atoms with Gasteiger partial charge in [-0.3, -0.25) is 13.8 Å². The Morgan fingerprint density at radius 2 is 1.08 bits per heavy atom. The molecule has 2 unspecified atom stereocenters. The molecule has 8 nitrogen and oxygen atoms in total. The molecule has 0 radical (unpaired) electrons. The van der Waals surface area contributed by atoms with Gasteiger partial charge < -0.3 is 20.1 Å². The van der Waals surface area contributed by atoms with Crippen LogP contribution >= 0.6 is 7.82 Å². The summed E-state index contributed by atoms with van der Waals surface area (Å²) in [6.45, 7) is 4.88. The molecule has 0 rings (SSSR count). The van der Waals surface area contributed by atoms with Crippen molar-refractivity contribution >= 4 is 13.8 Å². The summed E-state index contributed by atoms with van der Waals surface area (Å²) in [6.07, 6.45) is 38.1. The number of hydrogen-bond acceptors (Lipinski definition) is 7. The number of phosphoric ester groups is 1. The largest absolute Gasteiger partial charge is 0.472 e. The van der Waals surface area contributed by atoms with Crippen molar-refractivity contribution in [2.24, 2.45) is 5.73 Å². The topological polar surface area (TPSA) is 117 Å². The highest BCUT2D eigenvalue weighted by Gasteiger charge is 2.25. The molecular formula is C39H78NO7P. The molecule has 0 saturated heterocycles. The fourth-order valence-electron chi connectivity index (χ4n) is 5.71. The first-order valence-electron chi connectivity index (χ1n) is 20.2. The average Bonchev–Trinajstić information content (AvgIpc) is 3.07. The Morgan fingerprint density at radius 1 is 0.604 bits per heavy atom. The first kappa shape index (κ1) is 47.2. The van der Waals surface area contributed by atoms with Gasteiger partial charge in [-0.2, -0.15) is 0 Å². The molecule has 9 heteroatoms. The number of carbonyl (C=O) groups excluding carboxylic acids is 1. The van der Waals surface area contributed by atoms with E-state index < -0.39 is 13.9 Å². The van der Waals surface area contributed by atoms with Gasteiger partial charge in [0.25, 0.3) is 0 Å². The quantitative estimate of drug-likeness (QED) is 0.0281. The van der Waals surface area contributed by atoms with E-state index in [0.29, 0.717) is 13.0 Å². The second-order valence-corrected chi connectivity index (χ2v) is 15.0. The Morgan fingerprint density at radius 3 is 1.60 bits per heavy atom. The molecule has 48 heavy (non-hydrogen) atoms. The van der Waals surface area contributed by atoms with Crippen LogP contribution < -0.4 is 5.73 Å². The number of esters is 1. The maximum absolute atomic E-state index is 12.5. The van der Waals surface area contributed by atoms with Crippen molar-refractivity contribution < 1.29 is 32.8 Å². The zero-order chi connectivity index (χ0) is 35.2. The summed E-state index contributed by atoms with van der Waals surface area (Å²) in [4.78, 5) is 22.3. The summed E-state index contributed by atoms with van der Waals surface area (Å²) in [5.41, 5.74) is 5.35. The third-order valence-electron chi connectivity index (χ3n) is 8.66. The summed E-state index contributed by atoms with van der Waals surface area (Å²) < 4.78 is 33.3. The Labute approximate surface area is 296 Å². The number of hydrogen-bond donors (Lipinski definition) is 2. The molecule has 2 atom stereocenters. The van der Waals surface area contributed by atoms with Gasteiger partial charge >= 0.3 is 13.8 Å². The summed E-state index contributed by atoms with van der Waals surface area (Å²) in [5.74, 6) is -0.339. The van der Waals surface area contributed by atoms with Gasteiger partial charge in [-0.15, -0.1) is 0 Å². The van der Waals surface area contributed by atoms with Crippen molar-refractivity contribution in [3.63, 3.8) is 0 Å². The number of carbonyl (C=O) groups is 1. The van der Waals surface area contributed by atoms with Gasteiger partial charge in [-0.05, 0) is 32.1 Å². The molecule has 0 aromatic rings. The first-order valence-corrected chi connectivity index (χ1v) is 21.7. The van der Waals surface area contributed by atoms with Gasteiger partial charge in [0.05, 0.1) is 19.8 Å². The lowest BCUT2D eigenvalue weighted by Gasteiger charge is -2.20. The fraction of sp³-hybridized carbons (Fsp3) is 0.923. The molecule has 0 saturated carbocycles. The Hall–Kier alpha value is -0.760. The molecule has 0 heterocycles. The zero-order valence-electron chi connectivity index (χ0n) is 31.5. The smallest absolute Gasteiger partial charge is 0.457 e. The van der Waals surface area contributed by atoms with Crippen LogP contribution in [0.1, 0.15) is 194 Å². The lowest BCUT2D eigenvalue weighted by atomic mass is 10.0. The molecule has 0 aromatic heterocycles. The molecule has 0 aliphatic rings. The Balaban J connectivity index is 3.95. The number of nitrogens with two attached hydrogens (primary N) is 1. The minimum absolute atomic E-state index is 0.0941. The summed E-state index contributed by atoms with van der Waals surface area (Å²) in [7, 11) is -4.27. The second kappa shape index (κ2) is 37.5. The lowest BCUT2D eigenvalue weighted by molar-refractivity contribution is -0.154. The molecule has 0 amide bonds. The summed E-state index contributed by atoms with van der Waals surface area (Å²) >= 11 is 0. The predicted molar refractivity (Wildman–Crippen MR) is 201 cm³/mol. The summed E-state index contributed by atoms with van der Waals surface area (Å²) in [5, 5.41) is 0. The van der Waals surface area contributed by atoms with E-state index >= 15 is 0 Å². The van der Waals surface area contributed by atoms with Crippen LogP contribution in [0, 0.1) is 0 Å². The zero-order valence-corrected chi connectivity index (χ0v) is 32.4. The van der Waals surface area contributed by atoms with Crippen molar-refractivity contribution in [2.45, 2.75) is 200 Å². The van der Waals surface area contributed by atoms with E-state index in [2.05, 4.69) is 26.0 Å². The van der Waals surface area contributed by atoms with Crippen molar-refractivity contribution in [1.82, 2.24) is 0 Å². The molecule has 0 aromatic carbocycles. The van der Waals surface area contributed by atoms with Crippen molar-refractivity contribution in [3.05, 3.63) is 12.2 Å². The minimum Gasteiger partial charge on any atom is -0.457 e. The van der Waals surface area contributed by atoms with Gasteiger partial charge in [0.2, 0.25) is 0 Å². The van der Waals surface area contributed by atoms with Gasteiger partial charge in [-0.1, -0.05) is 167 Å². The van der Waals surface area contributed by atoms with Gasteiger partial charge in [0, 0.05) is 19.6 Å². The SMILES string of the molecule is CCC/C=C\CCCCCCCC(=O)OC(COCCCCCCCCCCCCCCCCCCCCC)COP(=O)(O)OCCN. The minimum atomic E-state index is -4.27. The molecular weight excluding hydrogens is 625 g/mol. The molecule has 0 aliphatic heterocycles.